The second kappa shape index (κ2) is 20.3. The zero-order valence-electron chi connectivity index (χ0n) is 22.6. The van der Waals surface area contributed by atoms with Gasteiger partial charge in [0.25, 0.3) is 0 Å². The van der Waals surface area contributed by atoms with E-state index in [2.05, 4.69) is 25.9 Å². The van der Waals surface area contributed by atoms with Crippen LogP contribution < -0.4 is 0 Å². The topological polar surface area (TPSA) is 23.5 Å². The average molecular weight is 452 g/mol. The van der Waals surface area contributed by atoms with Gasteiger partial charge in [0.1, 0.15) is 0 Å². The van der Waals surface area contributed by atoms with Gasteiger partial charge in [-0.3, -0.25) is 0 Å². The molecule has 2 heteroatoms. The molecule has 0 aromatic heterocycles. The Hall–Kier alpha value is -0.0800. The summed E-state index contributed by atoms with van der Waals surface area (Å²) in [6.45, 7) is 2.64. The minimum atomic E-state index is 0.266. The normalized spacial score (nSPS) is 21.5. The summed E-state index contributed by atoms with van der Waals surface area (Å²) in [5.74, 6) is 0.791. The number of rotatable bonds is 22. The SMILES string of the molecule is CCCCCCCCCCCCCCCCCCCCC1CCCCC1(CCO)N(C)C. The zero-order chi connectivity index (χ0) is 23.3. The van der Waals surface area contributed by atoms with Gasteiger partial charge in [-0.15, -0.1) is 0 Å². The van der Waals surface area contributed by atoms with Crippen LogP contribution in [0.1, 0.15) is 161 Å². The van der Waals surface area contributed by atoms with Crippen LogP contribution in [0.4, 0.5) is 0 Å². The monoisotopic (exact) mass is 451 g/mol. The Bertz CT molecular complexity index is 392. The van der Waals surface area contributed by atoms with Gasteiger partial charge in [0.15, 0.2) is 0 Å². The van der Waals surface area contributed by atoms with E-state index in [0.717, 1.165) is 12.3 Å². The third-order valence-corrected chi connectivity index (χ3v) is 8.51. The third-order valence-electron chi connectivity index (χ3n) is 8.51. The van der Waals surface area contributed by atoms with Crippen molar-refractivity contribution in [2.45, 2.75) is 167 Å². The van der Waals surface area contributed by atoms with E-state index in [-0.39, 0.29) is 5.54 Å². The highest BCUT2D eigenvalue weighted by atomic mass is 16.3. The lowest BCUT2D eigenvalue weighted by atomic mass is 9.68. The van der Waals surface area contributed by atoms with Crippen LogP contribution in [0.15, 0.2) is 0 Å². The molecule has 1 saturated carbocycles. The van der Waals surface area contributed by atoms with E-state index in [0.29, 0.717) is 6.61 Å². The number of unbranched alkanes of at least 4 members (excludes halogenated alkanes) is 17. The van der Waals surface area contributed by atoms with Crippen molar-refractivity contribution in [3.8, 4) is 0 Å². The van der Waals surface area contributed by atoms with E-state index in [4.69, 9.17) is 0 Å². The first-order valence-electron chi connectivity index (χ1n) is 15.0. The van der Waals surface area contributed by atoms with Crippen molar-refractivity contribution >= 4 is 0 Å². The quantitative estimate of drug-likeness (QED) is 0.166. The summed E-state index contributed by atoms with van der Waals surface area (Å²) in [4.78, 5) is 2.45. The fraction of sp³-hybridized carbons (Fsp3) is 1.00. The second-order valence-electron chi connectivity index (χ2n) is 11.2. The smallest absolute Gasteiger partial charge is 0.0448 e. The fourth-order valence-electron chi connectivity index (χ4n) is 6.34. The fourth-order valence-corrected chi connectivity index (χ4v) is 6.34. The summed E-state index contributed by atoms with van der Waals surface area (Å²) in [7, 11) is 4.48. The van der Waals surface area contributed by atoms with Gasteiger partial charge in [-0.25, -0.2) is 0 Å². The Morgan fingerprint density at radius 3 is 1.50 bits per heavy atom. The molecule has 32 heavy (non-hydrogen) atoms. The van der Waals surface area contributed by atoms with Crippen molar-refractivity contribution < 1.29 is 5.11 Å². The highest BCUT2D eigenvalue weighted by molar-refractivity contribution is 4.96. The molecular weight excluding hydrogens is 390 g/mol. The van der Waals surface area contributed by atoms with E-state index in [1.165, 1.54) is 148 Å². The molecule has 2 atom stereocenters. The first-order chi connectivity index (χ1) is 15.7. The first-order valence-corrected chi connectivity index (χ1v) is 15.0. The van der Waals surface area contributed by atoms with Crippen molar-refractivity contribution in [1.29, 1.82) is 0 Å². The summed E-state index contributed by atoms with van der Waals surface area (Å²) >= 11 is 0. The molecule has 0 radical (unpaired) electrons. The molecule has 2 nitrogen and oxygen atoms in total. The summed E-state index contributed by atoms with van der Waals surface area (Å²) in [6.07, 6.45) is 33.8. The molecule has 0 heterocycles. The van der Waals surface area contributed by atoms with E-state index < -0.39 is 0 Å². The van der Waals surface area contributed by atoms with Gasteiger partial charge in [0.05, 0.1) is 0 Å². The molecule has 1 N–H and O–H groups in total. The molecule has 1 aliphatic rings. The summed E-state index contributed by atoms with van der Waals surface area (Å²) in [5.41, 5.74) is 0.266. The first kappa shape index (κ1) is 30.0. The van der Waals surface area contributed by atoms with Gasteiger partial charge < -0.3 is 10.0 Å². The number of aliphatic hydroxyl groups is 1. The second-order valence-corrected chi connectivity index (χ2v) is 11.2. The molecule has 1 aliphatic carbocycles. The van der Waals surface area contributed by atoms with Crippen LogP contribution in [0.25, 0.3) is 0 Å². The van der Waals surface area contributed by atoms with Gasteiger partial charge in [0, 0.05) is 12.1 Å². The maximum absolute atomic E-state index is 9.65. The molecule has 0 spiro atoms. The van der Waals surface area contributed by atoms with Gasteiger partial charge in [-0.05, 0) is 45.7 Å². The van der Waals surface area contributed by atoms with Crippen molar-refractivity contribution in [2.24, 2.45) is 5.92 Å². The molecule has 0 bridgehead atoms. The van der Waals surface area contributed by atoms with E-state index >= 15 is 0 Å². The highest BCUT2D eigenvalue weighted by Crippen LogP contribution is 2.42. The molecule has 1 fully saturated rings. The van der Waals surface area contributed by atoms with E-state index in [1.54, 1.807) is 0 Å². The van der Waals surface area contributed by atoms with Crippen LogP contribution in [-0.2, 0) is 0 Å². The number of hydrogen-bond acceptors (Lipinski definition) is 2. The predicted molar refractivity (Wildman–Crippen MR) is 143 cm³/mol. The zero-order valence-corrected chi connectivity index (χ0v) is 22.6. The van der Waals surface area contributed by atoms with Crippen LogP contribution in [0.5, 0.6) is 0 Å². The van der Waals surface area contributed by atoms with Gasteiger partial charge >= 0.3 is 0 Å². The lowest BCUT2D eigenvalue weighted by Crippen LogP contribution is -2.52. The molecule has 2 unspecified atom stereocenters. The van der Waals surface area contributed by atoms with Crippen molar-refractivity contribution in [3.05, 3.63) is 0 Å². The maximum atomic E-state index is 9.65. The Labute approximate surface area is 203 Å². The molecule has 0 aromatic carbocycles. The van der Waals surface area contributed by atoms with Gasteiger partial charge in [-0.2, -0.15) is 0 Å². The minimum Gasteiger partial charge on any atom is -0.396 e. The van der Waals surface area contributed by atoms with Crippen molar-refractivity contribution in [3.63, 3.8) is 0 Å². The molecule has 1 rings (SSSR count). The summed E-state index contributed by atoms with van der Waals surface area (Å²) < 4.78 is 0. The van der Waals surface area contributed by atoms with E-state index in [1.807, 2.05) is 0 Å². The third kappa shape index (κ3) is 13.0. The largest absolute Gasteiger partial charge is 0.396 e. The molecule has 0 aliphatic heterocycles. The lowest BCUT2D eigenvalue weighted by Gasteiger charge is -2.49. The van der Waals surface area contributed by atoms with Crippen LogP contribution in [0, 0.1) is 5.92 Å². The predicted octanol–water partition coefficient (Wildman–Crippen LogP) is 9.29. The van der Waals surface area contributed by atoms with Gasteiger partial charge in [0.2, 0.25) is 0 Å². The lowest BCUT2D eigenvalue weighted by molar-refractivity contribution is 0.00949. The molecule has 0 saturated heterocycles. The molecule has 0 amide bonds. The Kier molecular flexibility index (Phi) is 19.0. The Morgan fingerprint density at radius 2 is 1.09 bits per heavy atom. The number of aliphatic hydroxyl groups excluding tert-OH is 1. The van der Waals surface area contributed by atoms with Crippen LogP contribution in [-0.4, -0.2) is 36.2 Å². The Balaban J connectivity index is 1.90. The average Bonchev–Trinajstić information content (AvgIpc) is 2.79. The van der Waals surface area contributed by atoms with E-state index in [9.17, 15) is 5.11 Å². The molecule has 192 valence electrons. The van der Waals surface area contributed by atoms with Crippen LogP contribution >= 0.6 is 0 Å². The number of hydrogen-bond donors (Lipinski definition) is 1. The highest BCUT2D eigenvalue weighted by Gasteiger charge is 2.41. The molecular formula is C30H61NO. The van der Waals surface area contributed by atoms with Crippen LogP contribution in [0.2, 0.25) is 0 Å². The maximum Gasteiger partial charge on any atom is 0.0448 e. The number of nitrogens with zero attached hydrogens (tertiary/aromatic N) is 1. The van der Waals surface area contributed by atoms with Gasteiger partial charge in [-0.1, -0.05) is 135 Å². The van der Waals surface area contributed by atoms with Crippen molar-refractivity contribution in [1.82, 2.24) is 4.90 Å². The van der Waals surface area contributed by atoms with Crippen LogP contribution in [0.3, 0.4) is 0 Å². The Morgan fingerprint density at radius 1 is 0.656 bits per heavy atom. The van der Waals surface area contributed by atoms with Crippen molar-refractivity contribution in [2.75, 3.05) is 20.7 Å². The minimum absolute atomic E-state index is 0.266. The summed E-state index contributed by atoms with van der Waals surface area (Å²) in [6, 6.07) is 0. The summed E-state index contributed by atoms with van der Waals surface area (Å²) in [5, 5.41) is 9.65. The standard InChI is InChI=1S/C30H61NO/c1-4-5-6-7-8-9-10-11-12-13-14-15-16-17-18-19-20-21-24-29-25-22-23-26-30(29,27-28-32)31(2)3/h29,32H,4-28H2,1-3H3. The molecule has 0 aromatic rings.